The standard InChI is InChI=1S/C10H10O4/c11-6-9(12)7-14-10(13)8-4-2-1-3-5-8/h1-6,9,12H,7H2. The summed E-state index contributed by atoms with van der Waals surface area (Å²) in [6.07, 6.45) is -0.930. The number of benzene rings is 1. The van der Waals surface area contributed by atoms with E-state index in [0.29, 0.717) is 11.8 Å². The number of carbonyl (C=O) groups excluding carboxylic acids is 2. The predicted molar refractivity (Wildman–Crippen MR) is 48.8 cm³/mol. The summed E-state index contributed by atoms with van der Waals surface area (Å²) in [5, 5.41) is 8.81. The largest absolute Gasteiger partial charge is 0.459 e. The van der Waals surface area contributed by atoms with Crippen molar-refractivity contribution in [2.75, 3.05) is 6.61 Å². The first-order chi connectivity index (χ1) is 6.74. The molecule has 0 aliphatic heterocycles. The smallest absolute Gasteiger partial charge is 0.338 e. The van der Waals surface area contributed by atoms with Gasteiger partial charge in [0.2, 0.25) is 0 Å². The Balaban J connectivity index is 2.47. The minimum absolute atomic E-state index is 0.308. The number of aliphatic hydroxyl groups excluding tert-OH is 1. The van der Waals surface area contributed by atoms with Gasteiger partial charge >= 0.3 is 5.97 Å². The zero-order valence-electron chi connectivity index (χ0n) is 7.42. The van der Waals surface area contributed by atoms with Crippen LogP contribution in [0, 0.1) is 0 Å². The summed E-state index contributed by atoms with van der Waals surface area (Å²) in [6, 6.07) is 8.36. The van der Waals surface area contributed by atoms with Crippen LogP contribution in [0.3, 0.4) is 0 Å². The highest BCUT2D eigenvalue weighted by Crippen LogP contribution is 2.00. The van der Waals surface area contributed by atoms with Crippen LogP contribution in [0.25, 0.3) is 0 Å². The molecule has 0 radical (unpaired) electrons. The number of hydrogen-bond acceptors (Lipinski definition) is 4. The second kappa shape index (κ2) is 5.14. The van der Waals surface area contributed by atoms with Crippen LogP contribution in [0.4, 0.5) is 0 Å². The number of ether oxygens (including phenoxy) is 1. The molecule has 1 aromatic rings. The SMILES string of the molecule is O=CC(O)COC(=O)c1ccccc1. The lowest BCUT2D eigenvalue weighted by atomic mass is 10.2. The van der Waals surface area contributed by atoms with Crippen molar-refractivity contribution in [3.05, 3.63) is 35.9 Å². The Morgan fingerprint density at radius 3 is 2.64 bits per heavy atom. The van der Waals surface area contributed by atoms with Crippen LogP contribution in [0.2, 0.25) is 0 Å². The van der Waals surface area contributed by atoms with Crippen LogP contribution < -0.4 is 0 Å². The van der Waals surface area contributed by atoms with Crippen molar-refractivity contribution in [2.24, 2.45) is 0 Å². The van der Waals surface area contributed by atoms with Crippen molar-refractivity contribution >= 4 is 12.3 Å². The minimum atomic E-state index is -1.25. The normalized spacial score (nSPS) is 11.8. The molecule has 0 fully saturated rings. The molecule has 0 amide bonds. The van der Waals surface area contributed by atoms with Crippen LogP contribution in [0.5, 0.6) is 0 Å². The Labute approximate surface area is 81.1 Å². The van der Waals surface area contributed by atoms with Crippen molar-refractivity contribution in [1.29, 1.82) is 0 Å². The van der Waals surface area contributed by atoms with E-state index in [1.807, 2.05) is 0 Å². The monoisotopic (exact) mass is 194 g/mol. The first-order valence-corrected chi connectivity index (χ1v) is 4.09. The molecule has 0 bridgehead atoms. The molecule has 74 valence electrons. The molecule has 4 nitrogen and oxygen atoms in total. The summed E-state index contributed by atoms with van der Waals surface area (Å²) in [5.74, 6) is -0.550. The highest BCUT2D eigenvalue weighted by atomic mass is 16.5. The molecule has 1 N–H and O–H groups in total. The molecule has 1 aromatic carbocycles. The zero-order valence-corrected chi connectivity index (χ0v) is 7.42. The molecule has 14 heavy (non-hydrogen) atoms. The van der Waals surface area contributed by atoms with Gasteiger partial charge in [0.05, 0.1) is 5.56 Å². The quantitative estimate of drug-likeness (QED) is 0.556. The van der Waals surface area contributed by atoms with E-state index in [-0.39, 0.29) is 6.61 Å². The van der Waals surface area contributed by atoms with Crippen LogP contribution in [0.15, 0.2) is 30.3 Å². The fourth-order valence-electron chi connectivity index (χ4n) is 0.858. The van der Waals surface area contributed by atoms with Crippen LogP contribution >= 0.6 is 0 Å². The van der Waals surface area contributed by atoms with Gasteiger partial charge in [-0.05, 0) is 12.1 Å². The van der Waals surface area contributed by atoms with Gasteiger partial charge in [-0.2, -0.15) is 0 Å². The summed E-state index contributed by atoms with van der Waals surface area (Å²) < 4.78 is 4.66. The number of aldehydes is 1. The predicted octanol–water partition coefficient (Wildman–Crippen LogP) is 0.403. The van der Waals surface area contributed by atoms with Crippen LogP contribution in [-0.2, 0) is 9.53 Å². The number of hydrogen-bond donors (Lipinski definition) is 1. The maximum absolute atomic E-state index is 11.2. The number of esters is 1. The van der Waals surface area contributed by atoms with Crippen molar-refractivity contribution in [1.82, 2.24) is 0 Å². The average molecular weight is 194 g/mol. The van der Waals surface area contributed by atoms with Crippen LogP contribution in [0.1, 0.15) is 10.4 Å². The zero-order chi connectivity index (χ0) is 10.4. The molecule has 0 heterocycles. The Morgan fingerprint density at radius 1 is 1.43 bits per heavy atom. The molecular formula is C10H10O4. The van der Waals surface area contributed by atoms with Gasteiger partial charge in [0.15, 0.2) is 6.29 Å². The van der Waals surface area contributed by atoms with E-state index in [1.165, 1.54) is 0 Å². The molecule has 0 aliphatic rings. The summed E-state index contributed by atoms with van der Waals surface area (Å²) in [5.41, 5.74) is 0.394. The van der Waals surface area contributed by atoms with E-state index in [0.717, 1.165) is 0 Å². The van der Waals surface area contributed by atoms with Gasteiger partial charge in [0, 0.05) is 0 Å². The lowest BCUT2D eigenvalue weighted by Gasteiger charge is -2.05. The Hall–Kier alpha value is -1.68. The lowest BCUT2D eigenvalue weighted by molar-refractivity contribution is -0.116. The summed E-state index contributed by atoms with van der Waals surface area (Å²) in [6.45, 7) is -0.308. The third kappa shape index (κ3) is 2.99. The van der Waals surface area contributed by atoms with Gasteiger partial charge in [0.25, 0.3) is 0 Å². The molecule has 1 atom stereocenters. The summed E-state index contributed by atoms with van der Waals surface area (Å²) >= 11 is 0. The Bertz CT molecular complexity index is 307. The number of aliphatic hydroxyl groups is 1. The molecule has 1 unspecified atom stereocenters. The van der Waals surface area contributed by atoms with Gasteiger partial charge in [-0.15, -0.1) is 0 Å². The van der Waals surface area contributed by atoms with E-state index >= 15 is 0 Å². The van der Waals surface area contributed by atoms with E-state index in [2.05, 4.69) is 4.74 Å². The maximum atomic E-state index is 11.2. The molecule has 1 rings (SSSR count). The molecule has 0 spiro atoms. The summed E-state index contributed by atoms with van der Waals surface area (Å²) in [7, 11) is 0. The molecule has 4 heteroatoms. The Kier molecular flexibility index (Phi) is 3.82. The molecule has 0 aliphatic carbocycles. The van der Waals surface area contributed by atoms with Gasteiger partial charge in [-0.25, -0.2) is 4.79 Å². The fraction of sp³-hybridized carbons (Fsp3) is 0.200. The number of rotatable bonds is 4. The topological polar surface area (TPSA) is 63.6 Å². The van der Waals surface area contributed by atoms with Crippen molar-refractivity contribution in [2.45, 2.75) is 6.10 Å². The second-order valence-corrected chi connectivity index (χ2v) is 2.67. The van der Waals surface area contributed by atoms with Crippen molar-refractivity contribution < 1.29 is 19.4 Å². The minimum Gasteiger partial charge on any atom is -0.459 e. The first-order valence-electron chi connectivity index (χ1n) is 4.09. The second-order valence-electron chi connectivity index (χ2n) is 2.67. The van der Waals surface area contributed by atoms with Crippen LogP contribution in [-0.4, -0.2) is 30.1 Å². The van der Waals surface area contributed by atoms with E-state index < -0.39 is 12.1 Å². The highest BCUT2D eigenvalue weighted by molar-refractivity contribution is 5.89. The van der Waals surface area contributed by atoms with Gasteiger partial charge in [-0.3, -0.25) is 0 Å². The third-order valence-corrected chi connectivity index (χ3v) is 1.55. The number of carbonyl (C=O) groups is 2. The highest BCUT2D eigenvalue weighted by Gasteiger charge is 2.08. The molecule has 0 aromatic heterocycles. The van der Waals surface area contributed by atoms with Crippen molar-refractivity contribution in [3.8, 4) is 0 Å². The van der Waals surface area contributed by atoms with Gasteiger partial charge in [0.1, 0.15) is 12.7 Å². The maximum Gasteiger partial charge on any atom is 0.338 e. The fourth-order valence-corrected chi connectivity index (χ4v) is 0.858. The van der Waals surface area contributed by atoms with Crippen molar-refractivity contribution in [3.63, 3.8) is 0 Å². The van der Waals surface area contributed by atoms with E-state index in [4.69, 9.17) is 5.11 Å². The van der Waals surface area contributed by atoms with Gasteiger partial charge in [-0.1, -0.05) is 18.2 Å². The van der Waals surface area contributed by atoms with E-state index in [1.54, 1.807) is 30.3 Å². The van der Waals surface area contributed by atoms with E-state index in [9.17, 15) is 9.59 Å². The molecule has 0 saturated carbocycles. The third-order valence-electron chi connectivity index (χ3n) is 1.55. The Morgan fingerprint density at radius 2 is 2.07 bits per heavy atom. The summed E-state index contributed by atoms with van der Waals surface area (Å²) in [4.78, 5) is 21.2. The molecular weight excluding hydrogens is 184 g/mol. The molecule has 0 saturated heterocycles. The lowest BCUT2D eigenvalue weighted by Crippen LogP contribution is -2.19. The van der Waals surface area contributed by atoms with Gasteiger partial charge < -0.3 is 14.6 Å². The first kappa shape index (κ1) is 10.4. The average Bonchev–Trinajstić information content (AvgIpc) is 2.26.